The number of aromatic nitrogens is 2. The van der Waals surface area contributed by atoms with Gasteiger partial charge in [0.15, 0.2) is 0 Å². The summed E-state index contributed by atoms with van der Waals surface area (Å²) in [5, 5.41) is 14.3. The van der Waals surface area contributed by atoms with Crippen LogP contribution in [0.4, 0.5) is 0 Å². The normalized spacial score (nSPS) is 14.0. The van der Waals surface area contributed by atoms with Crippen molar-refractivity contribution in [3.63, 3.8) is 0 Å². The molecule has 0 amide bonds. The number of rotatable bonds is 5. The van der Waals surface area contributed by atoms with Crippen LogP contribution in [0.5, 0.6) is 0 Å². The highest BCUT2D eigenvalue weighted by Crippen LogP contribution is 2.54. The monoisotopic (exact) mass is 1150 g/mol. The van der Waals surface area contributed by atoms with Crippen LogP contribution in [-0.4, -0.2) is 9.13 Å². The molecule has 0 unspecified atom stereocenters. The van der Waals surface area contributed by atoms with E-state index in [1.165, 1.54) is 121 Å². The van der Waals surface area contributed by atoms with Gasteiger partial charge in [0.25, 0.3) is 0 Å². The Labute approximate surface area is 518 Å². The average Bonchev–Trinajstić information content (AvgIpc) is 1.61. The molecule has 0 N–H and O–H groups in total. The van der Waals surface area contributed by atoms with Crippen molar-refractivity contribution in [2.24, 2.45) is 0 Å². The lowest BCUT2D eigenvalue weighted by Crippen LogP contribution is -2.15. The van der Waals surface area contributed by atoms with Crippen LogP contribution in [0, 0.1) is 0 Å². The van der Waals surface area contributed by atoms with Crippen LogP contribution in [0.1, 0.15) is 49.9 Å². The molecule has 4 aromatic heterocycles. The van der Waals surface area contributed by atoms with E-state index in [0.29, 0.717) is 0 Å². The first kappa shape index (κ1) is 49.9. The van der Waals surface area contributed by atoms with Crippen molar-refractivity contribution in [3.8, 4) is 67.0 Å². The summed E-state index contributed by atoms with van der Waals surface area (Å²) in [7, 11) is 0. The number of fused-ring (bicyclic) bond motifs is 20. The van der Waals surface area contributed by atoms with Crippen molar-refractivity contribution in [2.75, 3.05) is 0 Å². The summed E-state index contributed by atoms with van der Waals surface area (Å²) in [5.41, 5.74) is 27.6. The summed E-state index contributed by atoms with van der Waals surface area (Å²) in [4.78, 5) is 0. The predicted octanol–water partition coefficient (Wildman–Crippen LogP) is 23.6. The predicted molar refractivity (Wildman–Crippen MR) is 376 cm³/mol. The molecule has 2 aliphatic rings. The average molecular weight is 1150 g/mol. The van der Waals surface area contributed by atoms with Gasteiger partial charge in [-0.1, -0.05) is 191 Å². The smallest absolute Gasteiger partial charge is 0.143 e. The van der Waals surface area contributed by atoms with Gasteiger partial charge in [-0.3, -0.25) is 0 Å². The Morgan fingerprint density at radius 1 is 0.244 bits per heavy atom. The van der Waals surface area contributed by atoms with Gasteiger partial charge in [0.05, 0.1) is 22.1 Å². The maximum absolute atomic E-state index is 7.08. The zero-order valence-corrected chi connectivity index (χ0v) is 50.1. The molecule has 0 bridgehead atoms. The van der Waals surface area contributed by atoms with Crippen LogP contribution in [0.15, 0.2) is 276 Å². The van der Waals surface area contributed by atoms with E-state index < -0.39 is 0 Å². The first-order chi connectivity index (χ1) is 44.1. The Balaban J connectivity index is 0.677. The van der Waals surface area contributed by atoms with Crippen molar-refractivity contribution in [3.05, 3.63) is 289 Å². The van der Waals surface area contributed by atoms with Crippen LogP contribution in [0.3, 0.4) is 0 Å². The fourth-order valence-corrected chi connectivity index (χ4v) is 16.3. The summed E-state index contributed by atoms with van der Waals surface area (Å²) in [6.45, 7) is 9.41. The molecule has 0 spiro atoms. The van der Waals surface area contributed by atoms with Gasteiger partial charge in [-0.05, 0) is 197 Å². The fraction of sp³-hybridized carbons (Fsp3) is 0.0698. The van der Waals surface area contributed by atoms with Gasteiger partial charge in [0, 0.05) is 70.9 Å². The molecule has 0 saturated heterocycles. The Morgan fingerprint density at radius 3 is 1.47 bits per heavy atom. The topological polar surface area (TPSA) is 36.1 Å². The highest BCUT2D eigenvalue weighted by Gasteiger charge is 2.38. The maximum atomic E-state index is 7.08. The number of hydrogen-bond donors (Lipinski definition) is 0. The van der Waals surface area contributed by atoms with Crippen LogP contribution in [0.2, 0.25) is 0 Å². The van der Waals surface area contributed by atoms with Gasteiger partial charge in [0.2, 0.25) is 0 Å². The largest absolute Gasteiger partial charge is 0.456 e. The third-order valence-electron chi connectivity index (χ3n) is 20.9. The SMILES string of the molecule is CC1(C)c2ccccc2-c2cc3c(cc21)oc1cc(-c2ccc4c(c2)c2ccc(-c5ccc6c(c5)C(C)(C)c5cc7oc8c(-c9ccc%10c(c9)c9ccccc9n%10-c9ccc%10ccccc%10c9)cccc8c7cc5-6)cc2n4-c2ccc4ccccc4c2)ccc13. The minimum absolute atomic E-state index is 0.0964. The number of furan rings is 2. The Bertz CT molecular complexity index is 6230. The molecule has 0 saturated carbocycles. The standard InChI is InChI=1S/C86H56N2O2/c1-85(2)73-22-11-9-18-61(73)67-45-71-65-35-28-56(44-81(65)89-82(71)47-75(67)85)53-29-36-79-69(40-53)64-34-27-55(43-80(64)88(79)59-32-25-50-15-6-8-17-52(50)39-59)54-26-33-62-68-46-72-66-21-13-20-60(84(66)90-83(72)48-76(68)86(3,4)74(62)42-54)57-30-37-78-70(41-57)63-19-10-12-23-77(63)87(78)58-31-24-49-14-5-7-16-51(49)38-58/h5-48H,1-4H3. The first-order valence-electron chi connectivity index (χ1n) is 31.4. The molecular weight excluding hydrogens is 1090 g/mol. The highest BCUT2D eigenvalue weighted by molar-refractivity contribution is 6.16. The van der Waals surface area contributed by atoms with E-state index in [-0.39, 0.29) is 10.8 Å². The molecule has 0 radical (unpaired) electrons. The summed E-state index contributed by atoms with van der Waals surface area (Å²) < 4.78 is 18.7. The zero-order valence-electron chi connectivity index (χ0n) is 50.1. The highest BCUT2D eigenvalue weighted by atomic mass is 16.3. The van der Waals surface area contributed by atoms with Crippen LogP contribution < -0.4 is 0 Å². The van der Waals surface area contributed by atoms with E-state index in [4.69, 9.17) is 8.83 Å². The van der Waals surface area contributed by atoms with E-state index in [1.807, 2.05) is 0 Å². The van der Waals surface area contributed by atoms with E-state index >= 15 is 0 Å². The molecule has 4 heterocycles. The Hall–Kier alpha value is -11.2. The summed E-state index contributed by atoms with van der Waals surface area (Å²) >= 11 is 0. The third-order valence-corrected chi connectivity index (χ3v) is 20.9. The van der Waals surface area contributed by atoms with Crippen LogP contribution >= 0.6 is 0 Å². The minimum atomic E-state index is -0.282. The number of para-hydroxylation sites is 2. The molecule has 2 aliphatic carbocycles. The minimum Gasteiger partial charge on any atom is -0.456 e. The van der Waals surface area contributed by atoms with Crippen molar-refractivity contribution in [2.45, 2.75) is 38.5 Å². The molecule has 20 rings (SSSR count). The second-order valence-corrected chi connectivity index (χ2v) is 26.4. The van der Waals surface area contributed by atoms with E-state index in [2.05, 4.69) is 304 Å². The number of benzene rings is 14. The Morgan fingerprint density at radius 2 is 0.722 bits per heavy atom. The molecule has 4 heteroatoms. The quantitative estimate of drug-likeness (QED) is 0.172. The van der Waals surface area contributed by atoms with Crippen LogP contribution in [0.25, 0.3) is 176 Å². The zero-order chi connectivity index (χ0) is 59.5. The molecule has 4 nitrogen and oxygen atoms in total. The Kier molecular flexibility index (Phi) is 9.83. The van der Waals surface area contributed by atoms with Gasteiger partial charge in [-0.15, -0.1) is 0 Å². The fourth-order valence-electron chi connectivity index (χ4n) is 16.3. The number of nitrogens with zero attached hydrogens (tertiary/aromatic N) is 2. The molecule has 0 fully saturated rings. The van der Waals surface area contributed by atoms with Crippen molar-refractivity contribution < 1.29 is 8.83 Å². The second kappa shape index (κ2) is 17.7. The van der Waals surface area contributed by atoms with Crippen LogP contribution in [-0.2, 0) is 10.8 Å². The second-order valence-electron chi connectivity index (χ2n) is 26.4. The third kappa shape index (κ3) is 6.85. The molecule has 90 heavy (non-hydrogen) atoms. The van der Waals surface area contributed by atoms with Gasteiger partial charge < -0.3 is 18.0 Å². The summed E-state index contributed by atoms with van der Waals surface area (Å²) in [6, 6.07) is 99.4. The first-order valence-corrected chi connectivity index (χ1v) is 31.4. The lowest BCUT2D eigenvalue weighted by atomic mass is 9.81. The lowest BCUT2D eigenvalue weighted by molar-refractivity contribution is 0.647. The van der Waals surface area contributed by atoms with Crippen molar-refractivity contribution in [1.29, 1.82) is 0 Å². The molecule has 0 aliphatic heterocycles. The summed E-state index contributed by atoms with van der Waals surface area (Å²) in [6.07, 6.45) is 0. The maximum Gasteiger partial charge on any atom is 0.143 e. The lowest BCUT2D eigenvalue weighted by Gasteiger charge is -2.22. The van der Waals surface area contributed by atoms with Gasteiger partial charge in [-0.25, -0.2) is 0 Å². The summed E-state index contributed by atoms with van der Waals surface area (Å²) in [5.74, 6) is 0. The van der Waals surface area contributed by atoms with Gasteiger partial charge >= 0.3 is 0 Å². The van der Waals surface area contributed by atoms with Crippen molar-refractivity contribution >= 4 is 109 Å². The van der Waals surface area contributed by atoms with E-state index in [0.717, 1.165) is 77.5 Å². The molecule has 18 aromatic rings. The molecule has 0 atom stereocenters. The molecule has 422 valence electrons. The van der Waals surface area contributed by atoms with Crippen molar-refractivity contribution in [1.82, 2.24) is 9.13 Å². The van der Waals surface area contributed by atoms with E-state index in [9.17, 15) is 0 Å². The van der Waals surface area contributed by atoms with Gasteiger partial charge in [0.1, 0.15) is 22.3 Å². The molecule has 14 aromatic carbocycles. The van der Waals surface area contributed by atoms with E-state index in [1.54, 1.807) is 0 Å². The van der Waals surface area contributed by atoms with Gasteiger partial charge in [-0.2, -0.15) is 0 Å². The molecular formula is C86H56N2O2. The number of hydrogen-bond acceptors (Lipinski definition) is 2.